The molecule has 3 amide bonds. The van der Waals surface area contributed by atoms with Gasteiger partial charge in [-0.3, -0.25) is 24.5 Å². The van der Waals surface area contributed by atoms with Gasteiger partial charge in [0, 0.05) is 37.7 Å². The first-order valence-corrected chi connectivity index (χ1v) is 12.7. The van der Waals surface area contributed by atoms with Crippen molar-refractivity contribution in [1.82, 2.24) is 20.1 Å². The molecule has 3 heterocycles. The number of carbonyl (C=O) groups excluding carboxylic acids is 3. The summed E-state index contributed by atoms with van der Waals surface area (Å²) in [6.45, 7) is 7.10. The molecule has 1 fully saturated rings. The molecule has 2 atom stereocenters. The second-order valence-corrected chi connectivity index (χ2v) is 10.2. The maximum Gasteiger partial charge on any atom is 0.290 e. The highest BCUT2D eigenvalue weighted by atomic mass is 16.6. The molecule has 0 saturated carbocycles. The van der Waals surface area contributed by atoms with E-state index in [0.717, 1.165) is 30.2 Å². The van der Waals surface area contributed by atoms with E-state index in [1.165, 1.54) is 6.07 Å². The standard InChI is InChI=1S/C27H33N5O5/c1-17(2)25(27(35)30-10-6-7-11-30)29-24(33)14-21-13-19-8-4-5-9-20(19)16-31(21)26(34)22-12-18(3)23(15-28-22)32(36)37/h4-5,8-9,12,15,17,21,25H,6-7,10-11,13-14,16H2,1-3H3,(H,29,33)/t21-,25?/m1/s1. The normalized spacial score (nSPS) is 17.9. The molecule has 37 heavy (non-hydrogen) atoms. The molecule has 1 saturated heterocycles. The Balaban J connectivity index is 1.55. The molecule has 1 N–H and O–H groups in total. The number of amides is 3. The van der Waals surface area contributed by atoms with Crippen molar-refractivity contribution in [2.24, 2.45) is 5.92 Å². The molecule has 2 aliphatic rings. The van der Waals surface area contributed by atoms with Crippen molar-refractivity contribution in [3.8, 4) is 0 Å². The van der Waals surface area contributed by atoms with Crippen LogP contribution in [0.15, 0.2) is 36.5 Å². The highest BCUT2D eigenvalue weighted by Crippen LogP contribution is 2.27. The van der Waals surface area contributed by atoms with Crippen LogP contribution in [-0.4, -0.2) is 62.6 Å². The fourth-order valence-corrected chi connectivity index (χ4v) is 5.11. The van der Waals surface area contributed by atoms with E-state index in [1.54, 1.807) is 16.7 Å². The molecule has 2 aromatic rings. The Labute approximate surface area is 216 Å². The van der Waals surface area contributed by atoms with E-state index < -0.39 is 17.0 Å². The topological polar surface area (TPSA) is 126 Å². The van der Waals surface area contributed by atoms with E-state index in [0.29, 0.717) is 31.6 Å². The largest absolute Gasteiger partial charge is 0.344 e. The number of hydrogen-bond acceptors (Lipinski definition) is 6. The zero-order valence-electron chi connectivity index (χ0n) is 21.5. The number of aryl methyl sites for hydroxylation is 1. The Morgan fingerprint density at radius 3 is 2.46 bits per heavy atom. The molecule has 2 aliphatic heterocycles. The van der Waals surface area contributed by atoms with Gasteiger partial charge >= 0.3 is 0 Å². The van der Waals surface area contributed by atoms with Crippen molar-refractivity contribution in [3.63, 3.8) is 0 Å². The summed E-state index contributed by atoms with van der Waals surface area (Å²) < 4.78 is 0. The van der Waals surface area contributed by atoms with E-state index in [2.05, 4.69) is 10.3 Å². The van der Waals surface area contributed by atoms with Crippen molar-refractivity contribution in [1.29, 1.82) is 0 Å². The smallest absolute Gasteiger partial charge is 0.290 e. The zero-order chi connectivity index (χ0) is 26.7. The SMILES string of the molecule is Cc1cc(C(=O)N2Cc3ccccc3C[C@@H]2CC(=O)NC(C(=O)N2CCCC2)C(C)C)ncc1[N+](=O)[O-]. The van der Waals surface area contributed by atoms with Crippen LogP contribution in [0.25, 0.3) is 0 Å². The highest BCUT2D eigenvalue weighted by Gasteiger charge is 2.35. The zero-order valence-corrected chi connectivity index (χ0v) is 21.5. The summed E-state index contributed by atoms with van der Waals surface area (Å²) in [5.41, 5.74) is 2.33. The lowest BCUT2D eigenvalue weighted by molar-refractivity contribution is -0.385. The van der Waals surface area contributed by atoms with Gasteiger partial charge in [0.25, 0.3) is 11.6 Å². The summed E-state index contributed by atoms with van der Waals surface area (Å²) >= 11 is 0. The minimum atomic E-state index is -0.621. The van der Waals surface area contributed by atoms with E-state index in [4.69, 9.17) is 0 Å². The number of aromatic nitrogens is 1. The number of nitrogens with one attached hydrogen (secondary N) is 1. The number of pyridine rings is 1. The van der Waals surface area contributed by atoms with Crippen LogP contribution in [0.2, 0.25) is 0 Å². The van der Waals surface area contributed by atoms with Crippen LogP contribution in [0, 0.1) is 23.0 Å². The Morgan fingerprint density at radius 1 is 1.16 bits per heavy atom. The molecule has 0 radical (unpaired) electrons. The van der Waals surface area contributed by atoms with Crippen LogP contribution in [-0.2, 0) is 22.6 Å². The lowest BCUT2D eigenvalue weighted by atomic mass is 9.91. The number of nitro groups is 1. The van der Waals surface area contributed by atoms with Crippen LogP contribution in [0.1, 0.15) is 60.3 Å². The molecule has 196 valence electrons. The summed E-state index contributed by atoms with van der Waals surface area (Å²) in [5.74, 6) is -0.817. The number of nitrogens with zero attached hydrogens (tertiary/aromatic N) is 4. The minimum Gasteiger partial charge on any atom is -0.344 e. The molecule has 0 spiro atoms. The van der Waals surface area contributed by atoms with Crippen LogP contribution in [0.5, 0.6) is 0 Å². The monoisotopic (exact) mass is 507 g/mol. The van der Waals surface area contributed by atoms with Crippen molar-refractivity contribution >= 4 is 23.4 Å². The maximum atomic E-state index is 13.5. The third-order valence-electron chi connectivity index (χ3n) is 7.20. The number of carbonyl (C=O) groups is 3. The molecule has 4 rings (SSSR count). The Hall–Kier alpha value is -3.82. The number of benzene rings is 1. The number of hydrogen-bond donors (Lipinski definition) is 1. The first-order valence-electron chi connectivity index (χ1n) is 12.7. The van der Waals surface area contributed by atoms with Crippen molar-refractivity contribution in [2.75, 3.05) is 13.1 Å². The molecular formula is C27H33N5O5. The molecule has 10 nitrogen and oxygen atoms in total. The van der Waals surface area contributed by atoms with Gasteiger partial charge in [-0.05, 0) is 49.3 Å². The first-order chi connectivity index (χ1) is 17.7. The van der Waals surface area contributed by atoms with Gasteiger partial charge in [-0.25, -0.2) is 4.98 Å². The molecule has 1 aromatic heterocycles. The highest BCUT2D eigenvalue weighted by molar-refractivity contribution is 5.94. The van der Waals surface area contributed by atoms with Gasteiger partial charge in [0.1, 0.15) is 17.9 Å². The molecule has 0 aliphatic carbocycles. The summed E-state index contributed by atoms with van der Waals surface area (Å²) in [5, 5.41) is 14.1. The Kier molecular flexibility index (Phi) is 7.85. The second kappa shape index (κ2) is 11.1. The number of likely N-dealkylation sites (tertiary alicyclic amines) is 1. The van der Waals surface area contributed by atoms with Crippen LogP contribution in [0.4, 0.5) is 5.69 Å². The van der Waals surface area contributed by atoms with Gasteiger partial charge in [-0.15, -0.1) is 0 Å². The van der Waals surface area contributed by atoms with Gasteiger partial charge in [0.2, 0.25) is 11.8 Å². The van der Waals surface area contributed by atoms with Gasteiger partial charge in [0.15, 0.2) is 0 Å². The molecule has 1 unspecified atom stereocenters. The predicted octanol–water partition coefficient (Wildman–Crippen LogP) is 3.02. The lowest BCUT2D eigenvalue weighted by Crippen LogP contribution is -2.52. The lowest BCUT2D eigenvalue weighted by Gasteiger charge is -2.37. The fourth-order valence-electron chi connectivity index (χ4n) is 5.11. The number of rotatable bonds is 7. The summed E-state index contributed by atoms with van der Waals surface area (Å²) in [6.07, 6.45) is 3.55. The van der Waals surface area contributed by atoms with Crippen molar-refractivity contribution in [2.45, 2.75) is 65.1 Å². The van der Waals surface area contributed by atoms with Crippen LogP contribution < -0.4 is 5.32 Å². The summed E-state index contributed by atoms with van der Waals surface area (Å²) in [4.78, 5) is 57.9. The Bertz CT molecular complexity index is 1210. The predicted molar refractivity (Wildman–Crippen MR) is 137 cm³/mol. The third kappa shape index (κ3) is 5.79. The maximum absolute atomic E-state index is 13.5. The molecule has 10 heteroatoms. The van der Waals surface area contributed by atoms with Gasteiger partial charge in [0.05, 0.1) is 4.92 Å². The van der Waals surface area contributed by atoms with E-state index in [1.807, 2.05) is 38.1 Å². The second-order valence-electron chi connectivity index (χ2n) is 10.2. The Morgan fingerprint density at radius 2 is 1.84 bits per heavy atom. The van der Waals surface area contributed by atoms with Crippen molar-refractivity contribution in [3.05, 3.63) is 69.0 Å². The molecular weight excluding hydrogens is 474 g/mol. The summed E-state index contributed by atoms with van der Waals surface area (Å²) in [7, 11) is 0. The van der Waals surface area contributed by atoms with Crippen molar-refractivity contribution < 1.29 is 19.3 Å². The quantitative estimate of drug-likeness (QED) is 0.454. The molecule has 1 aromatic carbocycles. The fraction of sp³-hybridized carbons (Fsp3) is 0.481. The van der Waals surface area contributed by atoms with E-state index >= 15 is 0 Å². The minimum absolute atomic E-state index is 0.0303. The first kappa shape index (κ1) is 26.2. The van der Waals surface area contributed by atoms with E-state index in [9.17, 15) is 24.5 Å². The number of fused-ring (bicyclic) bond motifs is 1. The van der Waals surface area contributed by atoms with Crippen LogP contribution in [0.3, 0.4) is 0 Å². The van der Waals surface area contributed by atoms with Gasteiger partial charge in [-0.2, -0.15) is 0 Å². The van der Waals surface area contributed by atoms with E-state index in [-0.39, 0.29) is 41.4 Å². The van der Waals surface area contributed by atoms with Gasteiger partial charge in [-0.1, -0.05) is 38.1 Å². The summed E-state index contributed by atoms with van der Waals surface area (Å²) in [6, 6.07) is 8.12. The average Bonchev–Trinajstić information content (AvgIpc) is 3.41. The average molecular weight is 508 g/mol. The third-order valence-corrected chi connectivity index (χ3v) is 7.20. The van der Waals surface area contributed by atoms with Crippen LogP contribution >= 0.6 is 0 Å². The van der Waals surface area contributed by atoms with Gasteiger partial charge < -0.3 is 15.1 Å². The molecule has 0 bridgehead atoms.